The van der Waals surface area contributed by atoms with Crippen LogP contribution in [0.5, 0.6) is 0 Å². The lowest BCUT2D eigenvalue weighted by Crippen LogP contribution is -2.39. The second kappa shape index (κ2) is 9.22. The molecule has 2 aromatic rings. The summed E-state index contributed by atoms with van der Waals surface area (Å²) in [6, 6.07) is 15.5. The van der Waals surface area contributed by atoms with E-state index in [0.717, 1.165) is 36.5 Å². The third-order valence-corrected chi connectivity index (χ3v) is 5.51. The Balaban J connectivity index is 0.00000102. The molecule has 3 nitrogen and oxygen atoms in total. The van der Waals surface area contributed by atoms with Gasteiger partial charge in [-0.2, -0.15) is 0 Å². The van der Waals surface area contributed by atoms with Crippen molar-refractivity contribution in [2.45, 2.75) is 25.0 Å². The van der Waals surface area contributed by atoms with Crippen LogP contribution in [0, 0.1) is 0 Å². The molecule has 0 amide bonds. The fraction of sp³-hybridized carbons (Fsp3) is 0.364. The number of benzene rings is 2. The first-order valence-electron chi connectivity index (χ1n) is 9.13. The molecule has 0 radical (unpaired) electrons. The van der Waals surface area contributed by atoms with Gasteiger partial charge >= 0.3 is 0 Å². The number of aliphatic hydroxyl groups excluding tert-OH is 2. The number of halogens is 2. The van der Waals surface area contributed by atoms with Crippen LogP contribution in [-0.4, -0.2) is 47.2 Å². The molecular formula is C22H25Cl2NO2. The van der Waals surface area contributed by atoms with Crippen LogP contribution in [0.3, 0.4) is 0 Å². The van der Waals surface area contributed by atoms with Crippen molar-refractivity contribution >= 4 is 28.8 Å². The van der Waals surface area contributed by atoms with E-state index in [0.29, 0.717) is 6.54 Å². The monoisotopic (exact) mass is 405 g/mol. The van der Waals surface area contributed by atoms with Gasteiger partial charge < -0.3 is 10.2 Å². The number of hydrogen-bond donors (Lipinski definition) is 2. The van der Waals surface area contributed by atoms with Crippen LogP contribution >= 0.6 is 23.2 Å². The van der Waals surface area contributed by atoms with Gasteiger partial charge in [-0.1, -0.05) is 48.0 Å². The summed E-state index contributed by atoms with van der Waals surface area (Å²) in [7, 11) is 0. The first kappa shape index (κ1) is 20.4. The van der Waals surface area contributed by atoms with Gasteiger partial charge in [-0.3, -0.25) is 4.90 Å². The van der Waals surface area contributed by atoms with Crippen LogP contribution < -0.4 is 0 Å². The second-order valence-corrected chi connectivity index (χ2v) is 7.40. The topological polar surface area (TPSA) is 43.7 Å². The van der Waals surface area contributed by atoms with E-state index in [4.69, 9.17) is 11.6 Å². The minimum atomic E-state index is -0.851. The average Bonchev–Trinajstić information content (AvgIpc) is 3.06. The van der Waals surface area contributed by atoms with E-state index < -0.39 is 12.2 Å². The summed E-state index contributed by atoms with van der Waals surface area (Å²) < 4.78 is 0. The van der Waals surface area contributed by atoms with Gasteiger partial charge in [-0.15, -0.1) is 11.6 Å². The standard InChI is InChI=1S/C21H22ClNO2.CH3Cl/c22-17-7-6-15-10-16-12-23(9-8-18(16)19(15)11-17)13-20(24)21(25)14-4-2-1-3-5-14;1-2/h1-7,11,20-21,24-25H,8-10,12-13H2;1H3. The maximum atomic E-state index is 10.4. The fourth-order valence-corrected chi connectivity index (χ4v) is 4.16. The van der Waals surface area contributed by atoms with Crippen LogP contribution in [0.15, 0.2) is 54.1 Å². The summed E-state index contributed by atoms with van der Waals surface area (Å²) in [5.41, 5.74) is 6.25. The van der Waals surface area contributed by atoms with E-state index in [1.807, 2.05) is 36.4 Å². The predicted octanol–water partition coefficient (Wildman–Crippen LogP) is 4.30. The third-order valence-electron chi connectivity index (χ3n) is 5.27. The van der Waals surface area contributed by atoms with Gasteiger partial charge in [0.1, 0.15) is 6.10 Å². The van der Waals surface area contributed by atoms with E-state index >= 15 is 0 Å². The maximum absolute atomic E-state index is 10.4. The van der Waals surface area contributed by atoms with Crippen LogP contribution in [0.4, 0.5) is 0 Å². The number of nitrogens with zero attached hydrogens (tertiary/aromatic N) is 1. The molecule has 2 unspecified atom stereocenters. The van der Waals surface area contributed by atoms with E-state index in [2.05, 4.69) is 28.6 Å². The Hall–Kier alpha value is -1.36. The number of aliphatic hydroxyl groups is 2. The predicted molar refractivity (Wildman–Crippen MR) is 112 cm³/mol. The minimum Gasteiger partial charge on any atom is -0.389 e. The van der Waals surface area contributed by atoms with Crippen LogP contribution in [0.1, 0.15) is 29.2 Å². The zero-order chi connectivity index (χ0) is 19.4. The second-order valence-electron chi connectivity index (χ2n) is 6.97. The molecule has 27 heavy (non-hydrogen) atoms. The molecule has 0 saturated carbocycles. The molecule has 0 fully saturated rings. The molecule has 4 rings (SSSR count). The Labute approximate surface area is 170 Å². The van der Waals surface area contributed by atoms with Gasteiger partial charge in [-0.25, -0.2) is 0 Å². The number of hydrogen-bond acceptors (Lipinski definition) is 3. The normalized spacial score (nSPS) is 18.3. The number of alkyl halides is 1. The zero-order valence-corrected chi connectivity index (χ0v) is 16.9. The number of rotatable bonds is 4. The molecule has 2 N–H and O–H groups in total. The summed E-state index contributed by atoms with van der Waals surface area (Å²) in [5, 5.41) is 21.6. The Morgan fingerprint density at radius 2 is 1.81 bits per heavy atom. The smallest absolute Gasteiger partial charge is 0.106 e. The van der Waals surface area contributed by atoms with Crippen LogP contribution in [-0.2, 0) is 6.42 Å². The molecule has 1 heterocycles. The van der Waals surface area contributed by atoms with Gasteiger partial charge in [0.05, 0.1) is 6.10 Å². The van der Waals surface area contributed by atoms with E-state index in [1.54, 1.807) is 0 Å². The highest BCUT2D eigenvalue weighted by Crippen LogP contribution is 2.39. The summed E-state index contributed by atoms with van der Waals surface area (Å²) in [6.45, 7) is 2.22. The van der Waals surface area contributed by atoms with Crippen LogP contribution in [0.2, 0.25) is 5.02 Å². The summed E-state index contributed by atoms with van der Waals surface area (Å²) in [6.07, 6.45) is 1.77. The quantitative estimate of drug-likeness (QED) is 0.744. The first-order valence-corrected chi connectivity index (χ1v) is 10.3. The lowest BCUT2D eigenvalue weighted by atomic mass is 9.98. The average molecular weight is 406 g/mol. The lowest BCUT2D eigenvalue weighted by Gasteiger charge is -2.31. The molecule has 2 aromatic carbocycles. The molecule has 2 aliphatic rings. The molecule has 1 aliphatic heterocycles. The molecular weight excluding hydrogens is 381 g/mol. The van der Waals surface area contributed by atoms with E-state index in [9.17, 15) is 10.2 Å². The van der Waals surface area contributed by atoms with Gasteiger partial charge in [0.15, 0.2) is 0 Å². The van der Waals surface area contributed by atoms with Crippen molar-refractivity contribution in [2.75, 3.05) is 26.0 Å². The zero-order valence-electron chi connectivity index (χ0n) is 15.4. The van der Waals surface area contributed by atoms with Gasteiger partial charge in [0, 0.05) is 31.0 Å². The summed E-state index contributed by atoms with van der Waals surface area (Å²) >= 11 is 10.8. The highest BCUT2D eigenvalue weighted by Gasteiger charge is 2.29. The van der Waals surface area contributed by atoms with E-state index in [-0.39, 0.29) is 0 Å². The Bertz CT molecular complexity index is 807. The van der Waals surface area contributed by atoms with E-state index in [1.165, 1.54) is 28.7 Å². The van der Waals surface area contributed by atoms with Gasteiger partial charge in [0.2, 0.25) is 0 Å². The van der Waals surface area contributed by atoms with Crippen molar-refractivity contribution in [3.05, 3.63) is 75.8 Å². The van der Waals surface area contributed by atoms with Crippen molar-refractivity contribution in [1.29, 1.82) is 0 Å². The first-order chi connectivity index (χ1) is 13.1. The maximum Gasteiger partial charge on any atom is 0.106 e. The van der Waals surface area contributed by atoms with Crippen LogP contribution in [0.25, 0.3) is 5.57 Å². The molecule has 0 saturated heterocycles. The number of fused-ring (bicyclic) bond motifs is 2. The van der Waals surface area contributed by atoms with Crippen molar-refractivity contribution in [3.63, 3.8) is 0 Å². The number of β-amino-alcohol motifs (C(OH)–C–C–N with tert-alkyl or cyclic N) is 1. The summed E-state index contributed by atoms with van der Waals surface area (Å²) in [5.74, 6) is 0. The molecule has 0 spiro atoms. The lowest BCUT2D eigenvalue weighted by molar-refractivity contribution is -0.00239. The van der Waals surface area contributed by atoms with Gasteiger partial charge in [-0.05, 0) is 52.8 Å². The highest BCUT2D eigenvalue weighted by atomic mass is 35.5. The molecule has 2 atom stereocenters. The van der Waals surface area contributed by atoms with Gasteiger partial charge in [0.25, 0.3) is 0 Å². The SMILES string of the molecule is CCl.OC(CN1CCC2=C(Cc3ccc(Cl)cc32)C1)C(O)c1ccccc1. The third kappa shape index (κ3) is 4.56. The molecule has 5 heteroatoms. The fourth-order valence-electron chi connectivity index (χ4n) is 3.99. The molecule has 0 bridgehead atoms. The Morgan fingerprint density at radius 1 is 1.07 bits per heavy atom. The van der Waals surface area contributed by atoms with Crippen molar-refractivity contribution in [2.24, 2.45) is 0 Å². The molecule has 1 aliphatic carbocycles. The van der Waals surface area contributed by atoms with Crippen molar-refractivity contribution < 1.29 is 10.2 Å². The molecule has 0 aromatic heterocycles. The van der Waals surface area contributed by atoms with Crippen molar-refractivity contribution in [3.8, 4) is 0 Å². The Morgan fingerprint density at radius 3 is 2.56 bits per heavy atom. The molecule has 144 valence electrons. The summed E-state index contributed by atoms with van der Waals surface area (Å²) in [4.78, 5) is 2.24. The minimum absolute atomic E-state index is 0.476. The Kier molecular flexibility index (Phi) is 6.96. The highest BCUT2D eigenvalue weighted by molar-refractivity contribution is 6.30. The largest absolute Gasteiger partial charge is 0.389 e. The van der Waals surface area contributed by atoms with Crippen molar-refractivity contribution in [1.82, 2.24) is 4.90 Å².